The van der Waals surface area contributed by atoms with Gasteiger partial charge in [0.25, 0.3) is 0 Å². The highest BCUT2D eigenvalue weighted by Crippen LogP contribution is 2.25. The number of hydrogen-bond donors (Lipinski definition) is 3. The Balaban J connectivity index is 2.95. The quantitative estimate of drug-likeness (QED) is 0.684. The minimum Gasteiger partial charge on any atom is -0.478 e. The second kappa shape index (κ2) is 11.0. The fourth-order valence-electron chi connectivity index (χ4n) is 2.87. The van der Waals surface area contributed by atoms with E-state index >= 15 is 0 Å². The van der Waals surface area contributed by atoms with E-state index in [4.69, 9.17) is 0 Å². The molecule has 0 amide bonds. The average Bonchev–Trinajstić information content (AvgIpc) is 2.57. The Morgan fingerprint density at radius 2 is 1.88 bits per heavy atom. The Kier molecular flexibility index (Phi) is 9.35. The van der Waals surface area contributed by atoms with Crippen molar-refractivity contribution in [1.82, 2.24) is 0 Å². The van der Waals surface area contributed by atoms with Crippen molar-refractivity contribution < 1.29 is 20.1 Å². The number of carboxylic acids is 1. The van der Waals surface area contributed by atoms with Crippen molar-refractivity contribution in [3.8, 4) is 0 Å². The molecule has 1 aliphatic carbocycles. The lowest BCUT2D eigenvalue weighted by molar-refractivity contribution is -0.132. The number of rotatable bonds is 4. The molecule has 0 aliphatic heterocycles. The maximum absolute atomic E-state index is 11.3. The Morgan fingerprint density at radius 1 is 1.17 bits per heavy atom. The Morgan fingerprint density at radius 3 is 2.50 bits per heavy atom. The fraction of sp³-hybridized carbons (Fsp3) is 0.550. The van der Waals surface area contributed by atoms with Gasteiger partial charge < -0.3 is 15.3 Å². The normalized spacial score (nSPS) is 21.1. The van der Waals surface area contributed by atoms with Gasteiger partial charge in [-0.05, 0) is 68.9 Å². The number of aliphatic carboxylic acids is 1. The second-order valence-corrected chi connectivity index (χ2v) is 6.47. The highest BCUT2D eigenvalue weighted by molar-refractivity contribution is 5.86. The van der Waals surface area contributed by atoms with Gasteiger partial charge in [0.2, 0.25) is 0 Å². The van der Waals surface area contributed by atoms with Crippen LogP contribution < -0.4 is 0 Å². The molecule has 0 bridgehead atoms. The van der Waals surface area contributed by atoms with E-state index in [9.17, 15) is 20.1 Å². The fourth-order valence-corrected chi connectivity index (χ4v) is 2.87. The van der Waals surface area contributed by atoms with Crippen molar-refractivity contribution in [2.24, 2.45) is 5.92 Å². The monoisotopic (exact) mass is 334 g/mol. The molecule has 1 unspecified atom stereocenters. The molecule has 0 saturated heterocycles. The van der Waals surface area contributed by atoms with Gasteiger partial charge in [0.1, 0.15) is 0 Å². The summed E-state index contributed by atoms with van der Waals surface area (Å²) in [6.45, 7) is 5.99. The summed E-state index contributed by atoms with van der Waals surface area (Å²) in [6, 6.07) is 0. The topological polar surface area (TPSA) is 77.8 Å². The van der Waals surface area contributed by atoms with Crippen LogP contribution in [0.4, 0.5) is 0 Å². The van der Waals surface area contributed by atoms with Crippen molar-refractivity contribution in [1.29, 1.82) is 0 Å². The van der Waals surface area contributed by atoms with E-state index in [2.05, 4.69) is 19.6 Å². The molecule has 24 heavy (non-hydrogen) atoms. The zero-order chi connectivity index (χ0) is 17.9. The summed E-state index contributed by atoms with van der Waals surface area (Å²) in [7, 11) is 0. The van der Waals surface area contributed by atoms with Gasteiger partial charge in [0.15, 0.2) is 0 Å². The van der Waals surface area contributed by atoms with E-state index in [0.29, 0.717) is 24.8 Å². The number of allylic oxidation sites excluding steroid dienone is 4. The lowest BCUT2D eigenvalue weighted by Crippen LogP contribution is -2.08. The van der Waals surface area contributed by atoms with Crippen LogP contribution in [0.1, 0.15) is 51.9 Å². The second-order valence-electron chi connectivity index (χ2n) is 6.47. The molecule has 0 aromatic rings. The standard InChI is InChI=1S/C20H30O4/c1-15-5-3-7-19(20(23)24)8-4-6-17(14-22)10-12-18(11-9-15)16(2)13-21/h6-7,9,18,21-22H,2-5,8,10-14H2,1H3,(H,23,24). The molecule has 4 heteroatoms. The molecule has 134 valence electrons. The molecule has 0 radical (unpaired) electrons. The van der Waals surface area contributed by atoms with Crippen molar-refractivity contribution in [2.45, 2.75) is 51.9 Å². The summed E-state index contributed by atoms with van der Waals surface area (Å²) in [5.41, 5.74) is 3.42. The van der Waals surface area contributed by atoms with Gasteiger partial charge in [-0.3, -0.25) is 0 Å². The van der Waals surface area contributed by atoms with Crippen molar-refractivity contribution in [2.75, 3.05) is 13.2 Å². The predicted octanol–water partition coefficient (Wildman–Crippen LogP) is 3.77. The average molecular weight is 334 g/mol. The first kappa shape index (κ1) is 20.4. The predicted molar refractivity (Wildman–Crippen MR) is 96.7 cm³/mol. The number of hydrogen-bond acceptors (Lipinski definition) is 3. The minimum atomic E-state index is -0.859. The zero-order valence-electron chi connectivity index (χ0n) is 14.6. The number of aliphatic hydroxyl groups excluding tert-OH is 2. The molecule has 0 aromatic heterocycles. The summed E-state index contributed by atoms with van der Waals surface area (Å²) in [6.07, 6.45) is 11.0. The summed E-state index contributed by atoms with van der Waals surface area (Å²) >= 11 is 0. The van der Waals surface area contributed by atoms with Gasteiger partial charge in [-0.15, -0.1) is 0 Å². The molecule has 1 atom stereocenters. The Hall–Kier alpha value is -1.65. The molecule has 4 nitrogen and oxygen atoms in total. The summed E-state index contributed by atoms with van der Waals surface area (Å²) in [5.74, 6) is -0.657. The van der Waals surface area contributed by atoms with Crippen LogP contribution in [-0.2, 0) is 4.79 Å². The molecule has 0 saturated carbocycles. The molecule has 1 aliphatic rings. The van der Waals surface area contributed by atoms with Gasteiger partial charge in [0.05, 0.1) is 13.2 Å². The van der Waals surface area contributed by atoms with Crippen molar-refractivity contribution in [3.63, 3.8) is 0 Å². The molecule has 1 rings (SSSR count). The van der Waals surface area contributed by atoms with Gasteiger partial charge in [-0.2, -0.15) is 0 Å². The molecular formula is C20H30O4. The zero-order valence-corrected chi connectivity index (χ0v) is 14.6. The van der Waals surface area contributed by atoms with E-state index < -0.39 is 5.97 Å². The Bertz CT molecular complexity index is 526. The number of carbonyl (C=O) groups is 1. The first-order valence-corrected chi connectivity index (χ1v) is 8.63. The van der Waals surface area contributed by atoms with Crippen LogP contribution in [0.3, 0.4) is 0 Å². The number of aliphatic hydroxyl groups is 2. The van der Waals surface area contributed by atoms with Crippen LogP contribution in [0.2, 0.25) is 0 Å². The van der Waals surface area contributed by atoms with Crippen LogP contribution in [-0.4, -0.2) is 34.5 Å². The molecule has 0 aromatic carbocycles. The lowest BCUT2D eigenvalue weighted by Gasteiger charge is -2.18. The molecule has 0 fully saturated rings. The summed E-state index contributed by atoms with van der Waals surface area (Å²) in [4.78, 5) is 11.3. The number of carboxylic acid groups (broad SMARTS) is 1. The van der Waals surface area contributed by atoms with Crippen LogP contribution in [0.5, 0.6) is 0 Å². The highest BCUT2D eigenvalue weighted by atomic mass is 16.4. The van der Waals surface area contributed by atoms with E-state index in [0.717, 1.165) is 36.8 Å². The SMILES string of the molecule is C=C(CO)C1CC=C(C)CCC=C(C(=O)O)CCC=C(CO)CC1. The third kappa shape index (κ3) is 7.28. The summed E-state index contributed by atoms with van der Waals surface area (Å²) in [5, 5.41) is 28.2. The third-order valence-electron chi connectivity index (χ3n) is 4.60. The summed E-state index contributed by atoms with van der Waals surface area (Å²) < 4.78 is 0. The highest BCUT2D eigenvalue weighted by Gasteiger charge is 2.13. The Labute approximate surface area is 144 Å². The smallest absolute Gasteiger partial charge is 0.331 e. The molecular weight excluding hydrogens is 304 g/mol. The van der Waals surface area contributed by atoms with E-state index in [1.54, 1.807) is 0 Å². The third-order valence-corrected chi connectivity index (χ3v) is 4.60. The van der Waals surface area contributed by atoms with Gasteiger partial charge in [0, 0.05) is 5.57 Å². The van der Waals surface area contributed by atoms with E-state index in [1.807, 2.05) is 12.2 Å². The molecule has 0 spiro atoms. The largest absolute Gasteiger partial charge is 0.478 e. The van der Waals surface area contributed by atoms with Crippen LogP contribution in [0.25, 0.3) is 0 Å². The van der Waals surface area contributed by atoms with Gasteiger partial charge >= 0.3 is 5.97 Å². The minimum absolute atomic E-state index is 0.0135. The van der Waals surface area contributed by atoms with Crippen LogP contribution >= 0.6 is 0 Å². The van der Waals surface area contributed by atoms with E-state index in [-0.39, 0.29) is 19.1 Å². The van der Waals surface area contributed by atoms with Crippen molar-refractivity contribution in [3.05, 3.63) is 47.1 Å². The molecule has 0 heterocycles. The maximum atomic E-state index is 11.3. The first-order chi connectivity index (χ1) is 11.5. The maximum Gasteiger partial charge on any atom is 0.331 e. The van der Waals surface area contributed by atoms with Gasteiger partial charge in [-0.25, -0.2) is 4.79 Å². The van der Waals surface area contributed by atoms with Crippen LogP contribution in [0.15, 0.2) is 47.1 Å². The van der Waals surface area contributed by atoms with Gasteiger partial charge in [-0.1, -0.05) is 30.4 Å². The molecule has 3 N–H and O–H groups in total. The van der Waals surface area contributed by atoms with Crippen molar-refractivity contribution >= 4 is 5.97 Å². The first-order valence-electron chi connectivity index (χ1n) is 8.63. The van der Waals surface area contributed by atoms with Crippen LogP contribution in [0, 0.1) is 5.92 Å². The lowest BCUT2D eigenvalue weighted by atomic mass is 9.89. The van der Waals surface area contributed by atoms with E-state index in [1.165, 1.54) is 5.57 Å².